The van der Waals surface area contributed by atoms with E-state index in [2.05, 4.69) is 4.99 Å². The number of ketones is 3. The largest absolute Gasteiger partial charge is 0.515 e. The number of allylic oxidation sites excluding steroid dienone is 1. The second kappa shape index (κ2) is 11.9. The van der Waals surface area contributed by atoms with Crippen LogP contribution in [0.5, 0.6) is 11.5 Å². The van der Waals surface area contributed by atoms with Gasteiger partial charge in [0.05, 0.1) is 59.7 Å². The van der Waals surface area contributed by atoms with E-state index in [-0.39, 0.29) is 29.4 Å². The molecule has 0 saturated carbocycles. The normalized spacial score (nSPS) is 40.2. The van der Waals surface area contributed by atoms with Crippen LogP contribution in [0.4, 0.5) is 0 Å². The molecule has 8 rings (SSSR count). The number of Topliss-reactive ketones (excluding diaryl/α,β-unsaturated/α-hetero) is 3. The quantitative estimate of drug-likeness (QED) is 0.125. The van der Waals surface area contributed by atoms with Crippen LogP contribution < -0.4 is 4.74 Å². The number of phenols is 1. The predicted molar refractivity (Wildman–Crippen MR) is 177 cm³/mol. The van der Waals surface area contributed by atoms with Gasteiger partial charge in [-0.25, -0.2) is 4.99 Å². The number of phenolic OH excluding ortho intramolecular Hbond substituents is 1. The zero-order valence-corrected chi connectivity index (χ0v) is 29.5. The molecule has 7 bridgehead atoms. The first-order chi connectivity index (χ1) is 24.4. The topological polar surface area (TPSA) is 220 Å². The zero-order chi connectivity index (χ0) is 37.8. The summed E-state index contributed by atoms with van der Waals surface area (Å²) in [6.45, 7) is 11.0. The Bertz CT molecular complexity index is 1960. The van der Waals surface area contributed by atoms with Crippen LogP contribution in [0.15, 0.2) is 41.3 Å². The number of rotatable bonds is 1. The van der Waals surface area contributed by atoms with E-state index in [9.17, 15) is 39.3 Å². The van der Waals surface area contributed by atoms with Crippen LogP contribution in [0, 0.1) is 24.7 Å². The zero-order valence-electron chi connectivity index (χ0n) is 29.5. The molecule has 3 fully saturated rings. The van der Waals surface area contributed by atoms with Crippen LogP contribution in [0.2, 0.25) is 0 Å². The first-order valence-corrected chi connectivity index (χ1v) is 17.0. The SMILES string of the molecule is CC(=O)OC1C(C)C2C=COC3(C)Oc4c(C)c(O)c5c(c4C3=O)C(=O)C(=CO)C(=NC(=O)C3(C)OC3C=CC3(CO3)C(O)C(C)C(O2)C1C)C5=O. The molecule has 3 N–H and O–H groups in total. The smallest absolute Gasteiger partial charge is 0.312 e. The van der Waals surface area contributed by atoms with E-state index in [1.54, 1.807) is 13.0 Å². The Morgan fingerprint density at radius 2 is 1.71 bits per heavy atom. The molecule has 7 aliphatic rings. The van der Waals surface area contributed by atoms with E-state index in [1.165, 1.54) is 46.1 Å². The van der Waals surface area contributed by atoms with Crippen LogP contribution in [0.3, 0.4) is 0 Å². The molecule has 1 spiro atoms. The minimum absolute atomic E-state index is 0.0585. The number of nitrogens with zero attached hydrogens (tertiary/aromatic N) is 1. The van der Waals surface area contributed by atoms with Gasteiger partial charge in [-0.3, -0.25) is 24.0 Å². The fourth-order valence-electron chi connectivity index (χ4n) is 7.81. The van der Waals surface area contributed by atoms with Gasteiger partial charge in [-0.2, -0.15) is 0 Å². The van der Waals surface area contributed by atoms with Crippen molar-refractivity contribution in [3.63, 3.8) is 0 Å². The van der Waals surface area contributed by atoms with Gasteiger partial charge in [-0.15, -0.1) is 0 Å². The Labute approximate surface area is 297 Å². The number of aliphatic imine (C=N–C) groups is 1. The molecular formula is C37H39NO14. The number of carbonyl (C=O) groups is 5. The number of fused-ring (bicyclic) bond motifs is 4. The number of hydrogen-bond donors (Lipinski definition) is 3. The van der Waals surface area contributed by atoms with Gasteiger partial charge in [0.2, 0.25) is 5.78 Å². The number of benzene rings is 1. The standard InChI is InChI=1S/C37H39NO14/c1-14-20-9-11-47-36(7)33(45)24-22-23(26(41)15(2)31(24)52-36)28(43)25(19(12-39)27(22)42)38-34(46)35(6)21(51-35)8-10-37(13-48-37)32(44)17(4)30(50-20)16(3)29(14)49-18(5)40/h8-12,14,16-17,20-21,29-30,32,39,41,44H,13H2,1-7H3. The van der Waals surface area contributed by atoms with Gasteiger partial charge >= 0.3 is 11.8 Å². The van der Waals surface area contributed by atoms with Gasteiger partial charge in [0.15, 0.2) is 11.4 Å². The van der Waals surface area contributed by atoms with Gasteiger partial charge in [0.25, 0.3) is 11.7 Å². The van der Waals surface area contributed by atoms with Gasteiger partial charge in [0, 0.05) is 37.2 Å². The van der Waals surface area contributed by atoms with Crippen molar-refractivity contribution in [1.82, 2.24) is 0 Å². The van der Waals surface area contributed by atoms with E-state index in [0.29, 0.717) is 6.26 Å². The highest BCUT2D eigenvalue weighted by Gasteiger charge is 2.61. The molecule has 0 aromatic heterocycles. The minimum atomic E-state index is -2.10. The summed E-state index contributed by atoms with van der Waals surface area (Å²) < 4.78 is 35.5. The molecule has 52 heavy (non-hydrogen) atoms. The van der Waals surface area contributed by atoms with Crippen molar-refractivity contribution in [1.29, 1.82) is 0 Å². The van der Waals surface area contributed by atoms with Crippen LogP contribution in [-0.2, 0) is 33.3 Å². The van der Waals surface area contributed by atoms with Crippen LogP contribution in [0.1, 0.15) is 78.2 Å². The number of carbonyl (C=O) groups excluding carboxylic acids is 5. The lowest BCUT2D eigenvalue weighted by atomic mass is 9.75. The van der Waals surface area contributed by atoms with Crippen molar-refractivity contribution in [2.75, 3.05) is 6.61 Å². The maximum atomic E-state index is 14.1. The summed E-state index contributed by atoms with van der Waals surface area (Å²) in [7, 11) is 0. The van der Waals surface area contributed by atoms with E-state index < -0.39 is 117 Å². The van der Waals surface area contributed by atoms with Gasteiger partial charge in [-0.1, -0.05) is 26.8 Å². The number of esters is 1. The molecule has 1 aromatic rings. The molecule has 1 amide bonds. The van der Waals surface area contributed by atoms with Gasteiger partial charge in [-0.05, 0) is 26.0 Å². The third-order valence-electron chi connectivity index (χ3n) is 11.2. The fourth-order valence-corrected chi connectivity index (χ4v) is 7.81. The lowest BCUT2D eigenvalue weighted by Gasteiger charge is -2.46. The summed E-state index contributed by atoms with van der Waals surface area (Å²) in [4.78, 5) is 71.5. The Morgan fingerprint density at radius 3 is 2.35 bits per heavy atom. The molecular weight excluding hydrogens is 682 g/mol. The Hall–Kier alpha value is -4.70. The summed E-state index contributed by atoms with van der Waals surface area (Å²) >= 11 is 0. The van der Waals surface area contributed by atoms with Crippen molar-refractivity contribution < 1.29 is 67.7 Å². The molecule has 0 radical (unpaired) electrons. The number of hydrogen-bond acceptors (Lipinski definition) is 14. The number of aliphatic hydroxyl groups excluding tert-OH is 2. The first kappa shape index (κ1) is 35.7. The average Bonchev–Trinajstić information content (AvgIpc) is 4.00. The molecule has 1 aliphatic carbocycles. The van der Waals surface area contributed by atoms with Gasteiger partial charge in [0.1, 0.15) is 35.0 Å². The maximum Gasteiger partial charge on any atom is 0.312 e. The van der Waals surface area contributed by atoms with E-state index in [1.807, 2.05) is 13.8 Å². The number of ether oxygens (including phenoxy) is 6. The third kappa shape index (κ3) is 5.16. The molecule has 6 heterocycles. The van der Waals surface area contributed by atoms with Crippen molar-refractivity contribution in [2.24, 2.45) is 22.7 Å². The lowest BCUT2D eigenvalue weighted by Crippen LogP contribution is -2.55. The molecule has 3 saturated heterocycles. The van der Waals surface area contributed by atoms with Crippen molar-refractivity contribution in [3.8, 4) is 11.5 Å². The molecule has 15 nitrogen and oxygen atoms in total. The summed E-state index contributed by atoms with van der Waals surface area (Å²) in [6, 6.07) is 0. The van der Waals surface area contributed by atoms with Crippen molar-refractivity contribution >= 4 is 34.9 Å². The Morgan fingerprint density at radius 1 is 1.02 bits per heavy atom. The Kier molecular flexibility index (Phi) is 8.18. The summed E-state index contributed by atoms with van der Waals surface area (Å²) in [6.07, 6.45) is 2.08. The van der Waals surface area contributed by atoms with Crippen molar-refractivity contribution in [3.05, 3.63) is 58.6 Å². The second-order valence-electron chi connectivity index (χ2n) is 14.6. The van der Waals surface area contributed by atoms with Crippen LogP contribution >= 0.6 is 0 Å². The molecule has 6 aliphatic heterocycles. The highest BCUT2D eigenvalue weighted by Crippen LogP contribution is 2.49. The van der Waals surface area contributed by atoms with E-state index in [4.69, 9.17) is 28.4 Å². The van der Waals surface area contributed by atoms with Gasteiger partial charge < -0.3 is 43.7 Å². The predicted octanol–water partition coefficient (Wildman–Crippen LogP) is 2.78. The highest BCUT2D eigenvalue weighted by molar-refractivity contribution is 6.63. The second-order valence-corrected chi connectivity index (χ2v) is 14.6. The van der Waals surface area contributed by atoms with Crippen LogP contribution in [0.25, 0.3) is 0 Å². The number of aromatic hydroxyl groups is 1. The lowest BCUT2D eigenvalue weighted by molar-refractivity contribution is -0.197. The summed E-state index contributed by atoms with van der Waals surface area (Å²) in [5, 5.41) is 33.0. The maximum absolute atomic E-state index is 14.1. The first-order valence-electron chi connectivity index (χ1n) is 17.0. The third-order valence-corrected chi connectivity index (χ3v) is 11.2. The molecule has 1 aromatic carbocycles. The molecule has 11 unspecified atom stereocenters. The van der Waals surface area contributed by atoms with Crippen molar-refractivity contribution in [2.45, 2.75) is 96.0 Å². The summed E-state index contributed by atoms with van der Waals surface area (Å²) in [5.74, 6) is -8.88. The fraction of sp³-hybridized carbons (Fsp3) is 0.514. The number of epoxide rings is 2. The molecule has 276 valence electrons. The van der Waals surface area contributed by atoms with E-state index >= 15 is 0 Å². The van der Waals surface area contributed by atoms with E-state index in [0.717, 1.165) is 0 Å². The number of amides is 1. The number of aliphatic hydroxyl groups is 2. The molecule has 15 heteroatoms. The highest BCUT2D eigenvalue weighted by atomic mass is 16.7. The summed E-state index contributed by atoms with van der Waals surface area (Å²) in [5.41, 5.74) is -5.73. The monoisotopic (exact) mass is 721 g/mol. The average molecular weight is 722 g/mol. The molecule has 11 atom stereocenters. The minimum Gasteiger partial charge on any atom is -0.515 e. The van der Waals surface area contributed by atoms with Crippen LogP contribution in [-0.4, -0.2) is 104 Å². The Balaban J connectivity index is 1.36.